The Hall–Kier alpha value is -3.13. The molecule has 2 heteroatoms. The van der Waals surface area contributed by atoms with Crippen molar-refractivity contribution in [3.8, 4) is 0 Å². The molecule has 1 aliphatic heterocycles. The lowest BCUT2D eigenvalue weighted by Crippen LogP contribution is -2.29. The summed E-state index contributed by atoms with van der Waals surface area (Å²) < 4.78 is 0. The molecule has 5 rings (SSSR count). The molecule has 1 N–H and O–H groups in total. The molecule has 0 radical (unpaired) electrons. The van der Waals surface area contributed by atoms with E-state index >= 15 is 0 Å². The van der Waals surface area contributed by atoms with Gasteiger partial charge >= 0.3 is 0 Å². The maximum atomic E-state index is 4.68. The largest absolute Gasteiger partial charge is 0.378 e. The fourth-order valence-corrected chi connectivity index (χ4v) is 4.69. The maximum absolute atomic E-state index is 4.68. The van der Waals surface area contributed by atoms with Crippen LogP contribution in [-0.4, -0.2) is 6.21 Å². The summed E-state index contributed by atoms with van der Waals surface area (Å²) in [5.74, 6) is 1.08. The Morgan fingerprint density at radius 2 is 1.79 bits per heavy atom. The predicted molar refractivity (Wildman–Crippen MR) is 122 cm³/mol. The Bertz CT molecular complexity index is 1090. The van der Waals surface area contributed by atoms with Crippen LogP contribution >= 0.6 is 0 Å². The van der Waals surface area contributed by atoms with Gasteiger partial charge in [0.25, 0.3) is 0 Å². The van der Waals surface area contributed by atoms with Crippen molar-refractivity contribution < 1.29 is 0 Å². The molecule has 3 aromatic rings. The van der Waals surface area contributed by atoms with Gasteiger partial charge in [0.05, 0.1) is 11.7 Å². The molecular weight excluding hydrogens is 352 g/mol. The number of aryl methyl sites for hydroxylation is 2. The minimum Gasteiger partial charge on any atom is -0.378 e. The number of benzene rings is 3. The highest BCUT2D eigenvalue weighted by atomic mass is 15.0. The molecule has 3 aromatic carbocycles. The third-order valence-electron chi connectivity index (χ3n) is 6.31. The lowest BCUT2D eigenvalue weighted by atomic mass is 9.76. The molecule has 0 bridgehead atoms. The highest BCUT2D eigenvalue weighted by molar-refractivity contribution is 5.83. The van der Waals surface area contributed by atoms with Gasteiger partial charge in [-0.25, -0.2) is 0 Å². The zero-order valence-corrected chi connectivity index (χ0v) is 17.0. The second-order valence-corrected chi connectivity index (χ2v) is 8.27. The fraction of sp³-hybridized carbons (Fsp3) is 0.222. The van der Waals surface area contributed by atoms with Gasteiger partial charge in [-0.15, -0.1) is 0 Å². The van der Waals surface area contributed by atoms with Gasteiger partial charge in [0, 0.05) is 17.8 Å². The van der Waals surface area contributed by atoms with E-state index in [9.17, 15) is 0 Å². The van der Waals surface area contributed by atoms with Crippen molar-refractivity contribution >= 4 is 17.6 Å². The van der Waals surface area contributed by atoms with Crippen molar-refractivity contribution in [2.75, 3.05) is 5.32 Å². The van der Waals surface area contributed by atoms with E-state index in [-0.39, 0.29) is 0 Å². The molecule has 144 valence electrons. The van der Waals surface area contributed by atoms with Crippen LogP contribution < -0.4 is 5.32 Å². The number of hydrogen-bond donors (Lipinski definition) is 1. The molecule has 0 saturated heterocycles. The van der Waals surface area contributed by atoms with Crippen LogP contribution in [0.15, 0.2) is 83.9 Å². The van der Waals surface area contributed by atoms with Crippen molar-refractivity contribution in [2.24, 2.45) is 10.9 Å². The topological polar surface area (TPSA) is 24.4 Å². The van der Waals surface area contributed by atoms with Gasteiger partial charge in [-0.1, -0.05) is 66.2 Å². The summed E-state index contributed by atoms with van der Waals surface area (Å²) in [7, 11) is 0. The Kier molecular flexibility index (Phi) is 4.55. The molecule has 1 aliphatic carbocycles. The smallest absolute Gasteiger partial charge is 0.0630 e. The number of nitrogens with one attached hydrogen (secondary N) is 1. The molecule has 0 saturated carbocycles. The molecule has 2 nitrogen and oxygen atoms in total. The Morgan fingerprint density at radius 1 is 0.966 bits per heavy atom. The first-order valence-corrected chi connectivity index (χ1v) is 10.4. The third-order valence-corrected chi connectivity index (χ3v) is 6.31. The highest BCUT2D eigenvalue weighted by Gasteiger charge is 2.37. The molecule has 1 heterocycles. The van der Waals surface area contributed by atoms with Crippen LogP contribution in [0.25, 0.3) is 0 Å². The molecule has 2 aliphatic rings. The van der Waals surface area contributed by atoms with Crippen LogP contribution in [0.2, 0.25) is 0 Å². The van der Waals surface area contributed by atoms with Crippen molar-refractivity contribution in [3.05, 3.63) is 107 Å². The number of rotatable bonds is 3. The SMILES string of the molecule is Cc1ccc2c(c1)[C@@H]1C=CC[C@@H]1[C@@H](c1ccc(N=Cc3ccccc3C)cc1)N2. The van der Waals surface area contributed by atoms with E-state index < -0.39 is 0 Å². The van der Waals surface area contributed by atoms with Gasteiger partial charge in [-0.05, 0) is 66.6 Å². The minimum atomic E-state index is 0.333. The minimum absolute atomic E-state index is 0.333. The summed E-state index contributed by atoms with van der Waals surface area (Å²) in [5, 5.41) is 3.82. The molecule has 0 spiro atoms. The normalized spacial score (nSPS) is 22.3. The average molecular weight is 379 g/mol. The van der Waals surface area contributed by atoms with Gasteiger partial charge in [-0.3, -0.25) is 4.99 Å². The van der Waals surface area contributed by atoms with Crippen LogP contribution in [0.3, 0.4) is 0 Å². The number of aliphatic imine (C=N–C) groups is 1. The average Bonchev–Trinajstić information content (AvgIpc) is 3.23. The monoisotopic (exact) mass is 378 g/mol. The van der Waals surface area contributed by atoms with Gasteiger partial charge in [0.2, 0.25) is 0 Å². The van der Waals surface area contributed by atoms with Gasteiger partial charge in [0.15, 0.2) is 0 Å². The second-order valence-electron chi connectivity index (χ2n) is 8.27. The zero-order chi connectivity index (χ0) is 19.8. The van der Waals surface area contributed by atoms with E-state index in [4.69, 9.17) is 0 Å². The number of allylic oxidation sites excluding steroid dienone is 2. The molecule has 0 amide bonds. The number of nitrogens with zero attached hydrogens (tertiary/aromatic N) is 1. The Morgan fingerprint density at radius 3 is 2.62 bits per heavy atom. The molecule has 0 aromatic heterocycles. The van der Waals surface area contributed by atoms with Crippen molar-refractivity contribution in [1.29, 1.82) is 0 Å². The standard InChI is InChI=1S/C27H26N2/c1-18-10-15-26-25(16-18)23-8-5-9-24(23)27(29-26)20-11-13-22(14-12-20)28-17-21-7-4-3-6-19(21)2/h3-8,10-17,23-24,27,29H,9H2,1-2H3/t23-,24+,27-/m1/s1. The van der Waals surface area contributed by atoms with Gasteiger partial charge < -0.3 is 5.32 Å². The lowest BCUT2D eigenvalue weighted by Gasteiger charge is -2.37. The fourth-order valence-electron chi connectivity index (χ4n) is 4.69. The quantitative estimate of drug-likeness (QED) is 0.390. The van der Waals surface area contributed by atoms with Crippen LogP contribution in [0.1, 0.15) is 46.2 Å². The van der Waals surface area contributed by atoms with E-state index in [0.29, 0.717) is 17.9 Å². The zero-order valence-electron chi connectivity index (χ0n) is 17.0. The van der Waals surface area contributed by atoms with Crippen LogP contribution in [0.4, 0.5) is 11.4 Å². The van der Waals surface area contributed by atoms with Crippen molar-refractivity contribution in [3.63, 3.8) is 0 Å². The van der Waals surface area contributed by atoms with Crippen LogP contribution in [-0.2, 0) is 0 Å². The maximum Gasteiger partial charge on any atom is 0.0630 e. The van der Waals surface area contributed by atoms with Crippen molar-refractivity contribution in [1.82, 2.24) is 0 Å². The van der Waals surface area contributed by atoms with Gasteiger partial charge in [0.1, 0.15) is 0 Å². The lowest BCUT2D eigenvalue weighted by molar-refractivity contribution is 0.425. The third kappa shape index (κ3) is 3.40. The second kappa shape index (κ2) is 7.36. The van der Waals surface area contributed by atoms with Crippen LogP contribution in [0.5, 0.6) is 0 Å². The molecule has 0 fully saturated rings. The number of fused-ring (bicyclic) bond motifs is 3. The summed E-state index contributed by atoms with van der Waals surface area (Å²) in [6, 6.07) is 24.2. The van der Waals surface area contributed by atoms with E-state index in [1.807, 2.05) is 6.21 Å². The summed E-state index contributed by atoms with van der Waals surface area (Å²) in [6.07, 6.45) is 7.83. The van der Waals surface area contributed by atoms with Crippen LogP contribution in [0, 0.1) is 19.8 Å². The van der Waals surface area contributed by atoms with E-state index in [2.05, 4.69) is 103 Å². The first-order chi connectivity index (χ1) is 14.2. The van der Waals surface area contributed by atoms with E-state index in [1.54, 1.807) is 0 Å². The first kappa shape index (κ1) is 17.9. The van der Waals surface area contributed by atoms with E-state index in [0.717, 1.165) is 17.7 Å². The summed E-state index contributed by atoms with van der Waals surface area (Å²) in [4.78, 5) is 4.68. The number of hydrogen-bond acceptors (Lipinski definition) is 2. The summed E-state index contributed by atoms with van der Waals surface area (Å²) >= 11 is 0. The Labute approximate surface area is 173 Å². The van der Waals surface area contributed by atoms with Gasteiger partial charge in [-0.2, -0.15) is 0 Å². The van der Waals surface area contributed by atoms with Crippen molar-refractivity contribution in [2.45, 2.75) is 32.2 Å². The molecule has 0 unspecified atom stereocenters. The molecule has 29 heavy (non-hydrogen) atoms. The highest BCUT2D eigenvalue weighted by Crippen LogP contribution is 2.49. The summed E-state index contributed by atoms with van der Waals surface area (Å²) in [6.45, 7) is 4.29. The van der Waals surface area contributed by atoms with E-state index in [1.165, 1.54) is 27.9 Å². The molecule has 3 atom stereocenters. The Balaban J connectivity index is 1.40. The summed E-state index contributed by atoms with van der Waals surface area (Å²) in [5.41, 5.74) is 8.79. The predicted octanol–water partition coefficient (Wildman–Crippen LogP) is 6.88. The molecular formula is C27H26N2. The number of anilines is 1. The first-order valence-electron chi connectivity index (χ1n) is 10.4.